The number of rotatable bonds is 10. The fraction of sp³-hybridized carbons (Fsp3) is 0.250. The largest absolute Gasteiger partial charge is 0.493 e. The SMILES string of the molecule is COC(=O)c1nc(OCc2ccncc2)c2cc(OC)c(OC)cc2c1-c1cc(OC)c(OC)c(OC)c1. The maximum Gasteiger partial charge on any atom is 0.357 e. The van der Waals surface area contributed by atoms with Crippen molar-refractivity contribution in [3.63, 3.8) is 0 Å². The van der Waals surface area contributed by atoms with E-state index < -0.39 is 5.97 Å². The molecule has 0 unspecified atom stereocenters. The molecule has 0 spiro atoms. The minimum Gasteiger partial charge on any atom is -0.493 e. The molecular formula is C28H28N2O8. The molecule has 0 atom stereocenters. The van der Waals surface area contributed by atoms with E-state index in [0.29, 0.717) is 50.6 Å². The number of nitrogens with zero attached hydrogens (tertiary/aromatic N) is 2. The van der Waals surface area contributed by atoms with Crippen LogP contribution in [-0.2, 0) is 11.3 Å². The predicted octanol–water partition coefficient (Wildman–Crippen LogP) is 4.71. The van der Waals surface area contributed by atoms with Gasteiger partial charge in [-0.3, -0.25) is 4.98 Å². The Hall–Kier alpha value is -4.73. The van der Waals surface area contributed by atoms with Gasteiger partial charge in [-0.2, -0.15) is 0 Å². The lowest BCUT2D eigenvalue weighted by Crippen LogP contribution is -2.10. The summed E-state index contributed by atoms with van der Waals surface area (Å²) in [6, 6.07) is 10.7. The standard InChI is InChI=1S/C28H28N2O8/c1-32-20-13-18-19(14-21(20)33-2)27(38-15-16-7-9-29-10-8-16)30-25(28(31)37-6)24(18)17-11-22(34-3)26(36-5)23(12-17)35-4/h7-14H,15H2,1-6H3. The van der Waals surface area contributed by atoms with Crippen LogP contribution in [0.15, 0.2) is 48.8 Å². The Morgan fingerprint density at radius 2 is 1.32 bits per heavy atom. The van der Waals surface area contributed by atoms with Crippen molar-refractivity contribution in [3.05, 3.63) is 60.0 Å². The molecule has 0 N–H and O–H groups in total. The van der Waals surface area contributed by atoms with Gasteiger partial charge in [0, 0.05) is 28.7 Å². The number of esters is 1. The molecule has 0 aliphatic rings. The van der Waals surface area contributed by atoms with E-state index in [0.717, 1.165) is 5.56 Å². The van der Waals surface area contributed by atoms with Gasteiger partial charge in [0.2, 0.25) is 11.6 Å². The van der Waals surface area contributed by atoms with Crippen molar-refractivity contribution in [2.24, 2.45) is 0 Å². The van der Waals surface area contributed by atoms with Gasteiger partial charge in [0.15, 0.2) is 28.7 Å². The highest BCUT2D eigenvalue weighted by Gasteiger charge is 2.26. The van der Waals surface area contributed by atoms with Gasteiger partial charge in [0.05, 0.1) is 42.7 Å². The molecule has 0 radical (unpaired) electrons. The first-order chi connectivity index (χ1) is 18.5. The molecule has 4 aromatic rings. The van der Waals surface area contributed by atoms with Crippen LogP contribution >= 0.6 is 0 Å². The van der Waals surface area contributed by atoms with E-state index in [1.54, 1.807) is 36.7 Å². The first-order valence-electron chi connectivity index (χ1n) is 11.5. The highest BCUT2D eigenvalue weighted by atomic mass is 16.5. The Morgan fingerprint density at radius 3 is 1.84 bits per heavy atom. The fourth-order valence-corrected chi connectivity index (χ4v) is 4.11. The molecule has 0 aliphatic heterocycles. The van der Waals surface area contributed by atoms with Gasteiger partial charge in [0.1, 0.15) is 6.61 Å². The lowest BCUT2D eigenvalue weighted by Gasteiger charge is -2.19. The highest BCUT2D eigenvalue weighted by molar-refractivity contribution is 6.09. The molecule has 10 nitrogen and oxygen atoms in total. The summed E-state index contributed by atoms with van der Waals surface area (Å²) in [7, 11) is 8.91. The van der Waals surface area contributed by atoms with Crippen molar-refractivity contribution in [3.8, 4) is 45.8 Å². The van der Waals surface area contributed by atoms with Gasteiger partial charge >= 0.3 is 5.97 Å². The third-order valence-electron chi connectivity index (χ3n) is 5.93. The molecule has 0 aliphatic carbocycles. The average molecular weight is 521 g/mol. The first-order valence-corrected chi connectivity index (χ1v) is 11.5. The summed E-state index contributed by atoms with van der Waals surface area (Å²) in [6.07, 6.45) is 3.34. The Balaban J connectivity index is 2.06. The van der Waals surface area contributed by atoms with Crippen LogP contribution in [-0.4, -0.2) is 58.6 Å². The van der Waals surface area contributed by atoms with Crippen LogP contribution < -0.4 is 28.4 Å². The molecular weight excluding hydrogens is 492 g/mol. The molecule has 2 aromatic carbocycles. The van der Waals surface area contributed by atoms with Crippen molar-refractivity contribution in [2.75, 3.05) is 42.7 Å². The van der Waals surface area contributed by atoms with E-state index in [2.05, 4.69) is 9.97 Å². The Kier molecular flexibility index (Phi) is 8.00. The van der Waals surface area contributed by atoms with Crippen LogP contribution in [0, 0.1) is 0 Å². The molecule has 0 bridgehead atoms. The molecule has 0 fully saturated rings. The maximum atomic E-state index is 13.1. The summed E-state index contributed by atoms with van der Waals surface area (Å²) in [5.74, 6) is 1.71. The van der Waals surface area contributed by atoms with E-state index in [9.17, 15) is 4.79 Å². The number of pyridine rings is 2. The average Bonchev–Trinajstić information content (AvgIpc) is 2.97. The van der Waals surface area contributed by atoms with E-state index in [-0.39, 0.29) is 18.2 Å². The number of hydrogen-bond donors (Lipinski definition) is 0. The molecule has 0 saturated carbocycles. The second-order valence-corrected chi connectivity index (χ2v) is 7.94. The normalized spacial score (nSPS) is 10.6. The van der Waals surface area contributed by atoms with Gasteiger partial charge in [-0.05, 0) is 47.5 Å². The van der Waals surface area contributed by atoms with Crippen LogP contribution in [0.4, 0.5) is 0 Å². The third kappa shape index (κ3) is 4.93. The maximum absolute atomic E-state index is 13.1. The van der Waals surface area contributed by atoms with Crippen molar-refractivity contribution < 1.29 is 38.0 Å². The van der Waals surface area contributed by atoms with Gasteiger partial charge in [-0.15, -0.1) is 0 Å². The van der Waals surface area contributed by atoms with Crippen molar-refractivity contribution >= 4 is 16.7 Å². The monoisotopic (exact) mass is 520 g/mol. The zero-order valence-electron chi connectivity index (χ0n) is 22.0. The quantitative estimate of drug-likeness (QED) is 0.273. The summed E-state index contributed by atoms with van der Waals surface area (Å²) in [5.41, 5.74) is 1.95. The summed E-state index contributed by atoms with van der Waals surface area (Å²) in [4.78, 5) is 21.8. The highest BCUT2D eigenvalue weighted by Crippen LogP contribution is 2.46. The van der Waals surface area contributed by atoms with Crippen LogP contribution in [0.25, 0.3) is 21.9 Å². The molecule has 2 aromatic heterocycles. The second-order valence-electron chi connectivity index (χ2n) is 7.94. The summed E-state index contributed by atoms with van der Waals surface area (Å²) in [5, 5.41) is 1.20. The second kappa shape index (κ2) is 11.5. The number of aromatic nitrogens is 2. The van der Waals surface area contributed by atoms with Gasteiger partial charge in [-0.25, -0.2) is 9.78 Å². The summed E-state index contributed by atoms with van der Waals surface area (Å²) < 4.78 is 38.9. The van der Waals surface area contributed by atoms with Crippen LogP contribution in [0.2, 0.25) is 0 Å². The molecule has 0 amide bonds. The lowest BCUT2D eigenvalue weighted by atomic mass is 9.95. The van der Waals surface area contributed by atoms with Crippen molar-refractivity contribution in [1.82, 2.24) is 9.97 Å². The van der Waals surface area contributed by atoms with Crippen molar-refractivity contribution in [2.45, 2.75) is 6.61 Å². The number of ether oxygens (including phenoxy) is 7. The lowest BCUT2D eigenvalue weighted by molar-refractivity contribution is 0.0594. The molecule has 10 heteroatoms. The van der Waals surface area contributed by atoms with E-state index in [1.165, 1.54) is 42.7 Å². The van der Waals surface area contributed by atoms with Crippen LogP contribution in [0.1, 0.15) is 16.1 Å². The zero-order chi connectivity index (χ0) is 27.2. The predicted molar refractivity (Wildman–Crippen MR) is 140 cm³/mol. The minimum absolute atomic E-state index is 0.0335. The van der Waals surface area contributed by atoms with Gasteiger partial charge < -0.3 is 33.2 Å². The topological polar surface area (TPSA) is 107 Å². The summed E-state index contributed by atoms with van der Waals surface area (Å²) in [6.45, 7) is 0.198. The van der Waals surface area contributed by atoms with Gasteiger partial charge in [0.25, 0.3) is 0 Å². The molecule has 0 saturated heterocycles. The fourth-order valence-electron chi connectivity index (χ4n) is 4.11. The Bertz CT molecular complexity index is 1430. The number of benzene rings is 2. The first kappa shape index (κ1) is 26.3. The smallest absolute Gasteiger partial charge is 0.357 e. The number of methoxy groups -OCH3 is 6. The number of carbonyl (C=O) groups excluding carboxylic acids is 1. The Labute approximate surface area is 220 Å². The molecule has 4 rings (SSSR count). The van der Waals surface area contributed by atoms with Gasteiger partial charge in [-0.1, -0.05) is 0 Å². The molecule has 2 heterocycles. The summed E-state index contributed by atoms with van der Waals surface area (Å²) >= 11 is 0. The van der Waals surface area contributed by atoms with Crippen molar-refractivity contribution in [1.29, 1.82) is 0 Å². The number of carbonyl (C=O) groups is 1. The third-order valence-corrected chi connectivity index (χ3v) is 5.93. The Morgan fingerprint density at radius 1 is 0.737 bits per heavy atom. The number of hydrogen-bond acceptors (Lipinski definition) is 10. The van der Waals surface area contributed by atoms with E-state index >= 15 is 0 Å². The van der Waals surface area contributed by atoms with Crippen LogP contribution in [0.5, 0.6) is 34.6 Å². The number of fused-ring (bicyclic) bond motifs is 1. The molecule has 198 valence electrons. The molecule has 38 heavy (non-hydrogen) atoms. The van der Waals surface area contributed by atoms with E-state index in [1.807, 2.05) is 12.1 Å². The van der Waals surface area contributed by atoms with E-state index in [4.69, 9.17) is 33.2 Å². The zero-order valence-corrected chi connectivity index (χ0v) is 22.0. The minimum atomic E-state index is -0.654. The van der Waals surface area contributed by atoms with Crippen LogP contribution in [0.3, 0.4) is 0 Å².